The first kappa shape index (κ1) is 15.3. The average molecular weight is 270 g/mol. The summed E-state index contributed by atoms with van der Waals surface area (Å²) < 4.78 is 5.45. The third-order valence-electron chi connectivity index (χ3n) is 3.96. The summed E-state index contributed by atoms with van der Waals surface area (Å²) in [6.45, 7) is 6.82. The molecule has 1 aliphatic rings. The summed E-state index contributed by atoms with van der Waals surface area (Å²) in [5, 5.41) is 0. The summed E-state index contributed by atoms with van der Waals surface area (Å²) in [6.07, 6.45) is 3.59. The van der Waals surface area contributed by atoms with Gasteiger partial charge in [-0.05, 0) is 49.5 Å². The van der Waals surface area contributed by atoms with Gasteiger partial charge in [0.05, 0.1) is 7.11 Å². The molecule has 0 aromatic heterocycles. The molecule has 0 N–H and O–H groups in total. The third-order valence-corrected chi connectivity index (χ3v) is 3.96. The number of rotatable bonds is 4. The second kappa shape index (κ2) is 7.01. The van der Waals surface area contributed by atoms with Crippen LogP contribution in [0.5, 0.6) is 5.75 Å². The molecule has 3 heteroatoms. The van der Waals surface area contributed by atoms with Gasteiger partial charge in [-0.25, -0.2) is 0 Å². The van der Waals surface area contributed by atoms with Crippen molar-refractivity contribution in [1.29, 1.82) is 0 Å². The molecule has 2 nitrogen and oxygen atoms in total. The van der Waals surface area contributed by atoms with Gasteiger partial charge in [-0.1, -0.05) is 26.0 Å². The van der Waals surface area contributed by atoms with Crippen LogP contribution in [0.1, 0.15) is 31.4 Å². The van der Waals surface area contributed by atoms with Crippen molar-refractivity contribution in [3.05, 3.63) is 29.3 Å². The van der Waals surface area contributed by atoms with E-state index in [1.54, 1.807) is 7.11 Å². The molecule has 1 aromatic carbocycles. The molecule has 1 aliphatic carbocycles. The summed E-state index contributed by atoms with van der Waals surface area (Å²) in [5.41, 5.74) is 2.91. The van der Waals surface area contributed by atoms with E-state index in [4.69, 9.17) is 4.74 Å². The quantitative estimate of drug-likeness (QED) is 0.832. The van der Waals surface area contributed by atoms with Gasteiger partial charge >= 0.3 is 0 Å². The lowest BCUT2D eigenvalue weighted by Gasteiger charge is -2.34. The van der Waals surface area contributed by atoms with Crippen molar-refractivity contribution in [3.63, 3.8) is 0 Å². The molecule has 1 unspecified atom stereocenters. The highest BCUT2D eigenvalue weighted by molar-refractivity contribution is 5.85. The van der Waals surface area contributed by atoms with Gasteiger partial charge in [-0.3, -0.25) is 0 Å². The summed E-state index contributed by atoms with van der Waals surface area (Å²) in [7, 11) is 1.77. The van der Waals surface area contributed by atoms with Gasteiger partial charge in [0.1, 0.15) is 5.75 Å². The number of fused-ring (bicyclic) bond motifs is 1. The fraction of sp³-hybridized carbons (Fsp3) is 0.600. The highest BCUT2D eigenvalue weighted by Gasteiger charge is 2.24. The Kier molecular flexibility index (Phi) is 5.97. The molecule has 0 aliphatic heterocycles. The van der Waals surface area contributed by atoms with Crippen molar-refractivity contribution in [1.82, 2.24) is 4.90 Å². The molecule has 0 saturated heterocycles. The summed E-state index contributed by atoms with van der Waals surface area (Å²) in [6, 6.07) is 7.16. The van der Waals surface area contributed by atoms with Crippen molar-refractivity contribution >= 4 is 12.4 Å². The van der Waals surface area contributed by atoms with Crippen molar-refractivity contribution < 1.29 is 4.74 Å². The molecule has 1 atom stereocenters. The van der Waals surface area contributed by atoms with Gasteiger partial charge in [-0.2, -0.15) is 0 Å². The zero-order valence-corrected chi connectivity index (χ0v) is 12.4. The molecule has 0 saturated carbocycles. The van der Waals surface area contributed by atoms with Crippen LogP contribution in [0, 0.1) is 0 Å². The number of ether oxygens (including phenoxy) is 1. The van der Waals surface area contributed by atoms with Gasteiger partial charge in [-0.15, -0.1) is 12.4 Å². The Hall–Kier alpha value is -0.730. The Morgan fingerprint density at radius 1 is 1.28 bits per heavy atom. The van der Waals surface area contributed by atoms with E-state index in [9.17, 15) is 0 Å². The number of nitrogens with zero attached hydrogens (tertiary/aromatic N) is 1. The topological polar surface area (TPSA) is 12.5 Å². The lowest BCUT2D eigenvalue weighted by atomic mass is 9.87. The maximum atomic E-state index is 5.45. The summed E-state index contributed by atoms with van der Waals surface area (Å²) >= 11 is 0. The molecule has 1 aromatic rings. The van der Waals surface area contributed by atoms with E-state index in [2.05, 4.69) is 36.9 Å². The Morgan fingerprint density at radius 2 is 2.00 bits per heavy atom. The monoisotopic (exact) mass is 269 g/mol. The molecule has 0 bridgehead atoms. The number of hydrogen-bond donors (Lipinski definition) is 0. The van der Waals surface area contributed by atoms with E-state index in [1.807, 2.05) is 0 Å². The first-order chi connectivity index (χ1) is 8.30. The molecule has 0 heterocycles. The van der Waals surface area contributed by atoms with Crippen LogP contribution in [0.15, 0.2) is 18.2 Å². The normalized spacial score (nSPS) is 18.1. The highest BCUT2D eigenvalue weighted by Crippen LogP contribution is 2.31. The number of likely N-dealkylation sites (N-methyl/N-ethyl adjacent to an activating group) is 1. The van der Waals surface area contributed by atoms with Crippen molar-refractivity contribution in [2.45, 2.75) is 39.2 Å². The van der Waals surface area contributed by atoms with E-state index < -0.39 is 0 Å². The Labute approximate surface area is 117 Å². The van der Waals surface area contributed by atoms with Gasteiger partial charge in [0.2, 0.25) is 0 Å². The van der Waals surface area contributed by atoms with Gasteiger partial charge in [0, 0.05) is 6.04 Å². The maximum Gasteiger partial charge on any atom is 0.122 e. The summed E-state index contributed by atoms with van der Waals surface area (Å²) in [5.74, 6) is 1.07. The van der Waals surface area contributed by atoms with E-state index in [1.165, 1.54) is 24.0 Å². The molecular weight excluding hydrogens is 246 g/mol. The number of benzene rings is 1. The zero-order chi connectivity index (χ0) is 12.3. The first-order valence-electron chi connectivity index (χ1n) is 6.68. The predicted octanol–water partition coefficient (Wildman–Crippen LogP) is 3.32. The number of methoxy groups -OCH3 is 1. The zero-order valence-electron chi connectivity index (χ0n) is 11.6. The largest absolute Gasteiger partial charge is 0.496 e. The van der Waals surface area contributed by atoms with Gasteiger partial charge < -0.3 is 9.64 Å². The predicted molar refractivity (Wildman–Crippen MR) is 79.0 cm³/mol. The smallest absolute Gasteiger partial charge is 0.122 e. The fourth-order valence-electron chi connectivity index (χ4n) is 3.00. The Morgan fingerprint density at radius 3 is 2.61 bits per heavy atom. The second-order valence-corrected chi connectivity index (χ2v) is 4.72. The van der Waals surface area contributed by atoms with E-state index >= 15 is 0 Å². The molecule has 0 spiro atoms. The number of hydrogen-bond acceptors (Lipinski definition) is 2. The van der Waals surface area contributed by atoms with Crippen LogP contribution in [0.4, 0.5) is 0 Å². The molecule has 0 fully saturated rings. The van der Waals surface area contributed by atoms with Crippen LogP contribution in [0.25, 0.3) is 0 Å². The second-order valence-electron chi connectivity index (χ2n) is 4.72. The Balaban J connectivity index is 0.00000162. The van der Waals surface area contributed by atoms with Crippen LogP contribution in [-0.4, -0.2) is 31.1 Å². The van der Waals surface area contributed by atoms with Gasteiger partial charge in [0.25, 0.3) is 0 Å². The first-order valence-corrected chi connectivity index (χ1v) is 6.68. The van der Waals surface area contributed by atoms with E-state index in [-0.39, 0.29) is 12.4 Å². The molecular formula is C15H24ClNO. The minimum atomic E-state index is 0. The van der Waals surface area contributed by atoms with Crippen LogP contribution >= 0.6 is 12.4 Å². The molecule has 102 valence electrons. The van der Waals surface area contributed by atoms with Gasteiger partial charge in [0.15, 0.2) is 0 Å². The summed E-state index contributed by atoms with van der Waals surface area (Å²) in [4.78, 5) is 2.57. The third kappa shape index (κ3) is 2.99. The van der Waals surface area contributed by atoms with E-state index in [0.29, 0.717) is 6.04 Å². The standard InChI is InChI=1S/C15H23NO.ClH/c1-4-16(5-2)13-9-10-14-12(11-13)7-6-8-15(14)17-3;/h6-8,13H,4-5,9-11H2,1-3H3;1H. The minimum Gasteiger partial charge on any atom is -0.496 e. The van der Waals surface area contributed by atoms with Crippen LogP contribution < -0.4 is 4.74 Å². The lowest BCUT2D eigenvalue weighted by Crippen LogP contribution is -2.39. The molecule has 0 radical (unpaired) electrons. The van der Waals surface area contributed by atoms with Crippen LogP contribution in [0.3, 0.4) is 0 Å². The number of halogens is 1. The Bertz CT molecular complexity index is 377. The van der Waals surface area contributed by atoms with Crippen molar-refractivity contribution in [2.75, 3.05) is 20.2 Å². The molecule has 0 amide bonds. The molecule has 2 rings (SSSR count). The minimum absolute atomic E-state index is 0. The van der Waals surface area contributed by atoms with Crippen molar-refractivity contribution in [3.8, 4) is 5.75 Å². The van der Waals surface area contributed by atoms with Crippen LogP contribution in [-0.2, 0) is 12.8 Å². The average Bonchev–Trinajstić information content (AvgIpc) is 2.39. The highest BCUT2D eigenvalue weighted by atomic mass is 35.5. The maximum absolute atomic E-state index is 5.45. The fourth-order valence-corrected chi connectivity index (χ4v) is 3.00. The lowest BCUT2D eigenvalue weighted by molar-refractivity contribution is 0.198. The van der Waals surface area contributed by atoms with E-state index in [0.717, 1.165) is 25.3 Å². The van der Waals surface area contributed by atoms with Crippen LogP contribution in [0.2, 0.25) is 0 Å². The SMILES string of the molecule is CCN(CC)C1CCc2c(cccc2OC)C1.Cl. The van der Waals surface area contributed by atoms with Crippen molar-refractivity contribution in [2.24, 2.45) is 0 Å². The molecule has 18 heavy (non-hydrogen) atoms.